The fourth-order valence-corrected chi connectivity index (χ4v) is 4.38. The molecule has 36 heavy (non-hydrogen) atoms. The molecule has 3 saturated heterocycles. The van der Waals surface area contributed by atoms with Crippen LogP contribution in [0.15, 0.2) is 0 Å². The van der Waals surface area contributed by atoms with Gasteiger partial charge in [0, 0.05) is 6.92 Å². The van der Waals surface area contributed by atoms with Crippen molar-refractivity contribution in [3.05, 3.63) is 0 Å². The number of amides is 1. The molecule has 1 amide bonds. The lowest BCUT2D eigenvalue weighted by molar-refractivity contribution is -0.378. The van der Waals surface area contributed by atoms with Crippen LogP contribution in [0.2, 0.25) is 0 Å². The molecule has 0 spiro atoms. The molecule has 3 heterocycles. The molecule has 10 N–H and O–H groups in total. The van der Waals surface area contributed by atoms with Gasteiger partial charge in [0.15, 0.2) is 18.9 Å². The molecule has 15 atom stereocenters. The second-order valence-corrected chi connectivity index (χ2v) is 9.05. The number of ether oxygens (including phenoxy) is 5. The minimum atomic E-state index is -1.83. The lowest BCUT2D eigenvalue weighted by Crippen LogP contribution is -2.68. The molecule has 0 saturated carbocycles. The molecule has 0 aromatic carbocycles. The Hall–Kier alpha value is -1.09. The van der Waals surface area contributed by atoms with Crippen LogP contribution in [0.3, 0.4) is 0 Å². The van der Waals surface area contributed by atoms with Crippen molar-refractivity contribution < 1.29 is 74.4 Å². The highest BCUT2D eigenvalue weighted by Crippen LogP contribution is 2.32. The highest BCUT2D eigenvalue weighted by molar-refractivity contribution is 5.73. The van der Waals surface area contributed by atoms with Gasteiger partial charge in [0.1, 0.15) is 67.1 Å². The zero-order valence-corrected chi connectivity index (χ0v) is 19.5. The Kier molecular flexibility index (Phi) is 9.97. The number of hydrogen-bond donors (Lipinski definition) is 10. The fraction of sp³-hybridized carbons (Fsp3) is 0.950. The van der Waals surface area contributed by atoms with Gasteiger partial charge in [-0.3, -0.25) is 4.79 Å². The van der Waals surface area contributed by atoms with Crippen molar-refractivity contribution in [2.45, 2.75) is 106 Å². The SMILES string of the molecule is CC(=O)NC1[C@H](OC2[C@H](O)OC(C)[C@H](O)[C@@H]2O[C@H]2O[C@@H](CO)[C@@H](O)C(O)C2O)OC(CO)[C@@H](O)[C@@H]1O. The Morgan fingerprint density at radius 1 is 0.722 bits per heavy atom. The maximum atomic E-state index is 11.7. The Morgan fingerprint density at radius 2 is 1.25 bits per heavy atom. The first kappa shape index (κ1) is 29.5. The third kappa shape index (κ3) is 5.97. The van der Waals surface area contributed by atoms with E-state index in [9.17, 15) is 50.8 Å². The first-order valence-electron chi connectivity index (χ1n) is 11.4. The summed E-state index contributed by atoms with van der Waals surface area (Å²) in [4.78, 5) is 11.7. The van der Waals surface area contributed by atoms with Gasteiger partial charge in [0.2, 0.25) is 5.91 Å². The molecule has 3 aliphatic rings. The van der Waals surface area contributed by atoms with Gasteiger partial charge in [0.25, 0.3) is 0 Å². The predicted molar refractivity (Wildman–Crippen MR) is 111 cm³/mol. The Balaban J connectivity index is 1.86. The van der Waals surface area contributed by atoms with E-state index in [0.717, 1.165) is 6.92 Å². The standard InChI is InChI=1S/C20H35NO15/c1-5-10(25)16(35-20-15(30)14(29)12(27)8(4-23)34-20)17(18(31)32-5)36-19-9(21-6(2)24)13(28)11(26)7(3-22)33-19/h5,7-20,22-23,25-31H,3-4H2,1-2H3,(H,21,24)/t5?,7?,8-,9?,10-,11+,12+,13+,14?,15?,16-,17?,18+,19-,20+/m0/s1. The first-order valence-corrected chi connectivity index (χ1v) is 11.4. The van der Waals surface area contributed by atoms with Crippen LogP contribution in [-0.2, 0) is 28.5 Å². The number of aliphatic hydroxyl groups is 9. The summed E-state index contributed by atoms with van der Waals surface area (Å²) in [6, 6.07) is -1.39. The summed E-state index contributed by atoms with van der Waals surface area (Å²) in [5, 5.41) is 93.6. The van der Waals surface area contributed by atoms with Gasteiger partial charge >= 0.3 is 0 Å². The summed E-state index contributed by atoms with van der Waals surface area (Å²) < 4.78 is 27.4. The lowest BCUT2D eigenvalue weighted by Gasteiger charge is -2.48. The van der Waals surface area contributed by atoms with E-state index in [1.807, 2.05) is 0 Å². The summed E-state index contributed by atoms with van der Waals surface area (Å²) in [5.74, 6) is -0.630. The average molecular weight is 529 g/mol. The van der Waals surface area contributed by atoms with E-state index in [4.69, 9.17) is 23.7 Å². The highest BCUT2D eigenvalue weighted by Gasteiger charge is 2.53. The Labute approximate surface area is 205 Å². The molecule has 3 aliphatic heterocycles. The number of aliphatic hydroxyl groups excluding tert-OH is 9. The van der Waals surface area contributed by atoms with Crippen LogP contribution in [-0.4, -0.2) is 157 Å². The molecular weight excluding hydrogens is 494 g/mol. The number of nitrogens with one attached hydrogen (secondary N) is 1. The van der Waals surface area contributed by atoms with Crippen LogP contribution >= 0.6 is 0 Å². The van der Waals surface area contributed by atoms with Crippen molar-refractivity contribution in [1.82, 2.24) is 5.32 Å². The second kappa shape index (κ2) is 12.2. The van der Waals surface area contributed by atoms with Crippen molar-refractivity contribution in [2.24, 2.45) is 0 Å². The van der Waals surface area contributed by atoms with Crippen LogP contribution < -0.4 is 5.32 Å². The summed E-state index contributed by atoms with van der Waals surface area (Å²) in [7, 11) is 0. The summed E-state index contributed by atoms with van der Waals surface area (Å²) in [6.45, 7) is 1.05. The molecular formula is C20H35NO15. The molecule has 0 aromatic rings. The van der Waals surface area contributed by atoms with Crippen molar-refractivity contribution in [2.75, 3.05) is 13.2 Å². The van der Waals surface area contributed by atoms with Crippen LogP contribution in [0.1, 0.15) is 13.8 Å². The third-order valence-electron chi connectivity index (χ3n) is 6.46. The van der Waals surface area contributed by atoms with Gasteiger partial charge in [-0.2, -0.15) is 0 Å². The van der Waals surface area contributed by atoms with Gasteiger partial charge < -0.3 is 75.0 Å². The summed E-state index contributed by atoms with van der Waals surface area (Å²) in [6.07, 6.45) is -22.1. The normalized spacial score (nSPS) is 50.0. The molecule has 0 bridgehead atoms. The first-order chi connectivity index (χ1) is 16.9. The van der Waals surface area contributed by atoms with E-state index in [0.29, 0.717) is 0 Å². The molecule has 3 fully saturated rings. The molecule has 16 nitrogen and oxygen atoms in total. The van der Waals surface area contributed by atoms with E-state index in [-0.39, 0.29) is 0 Å². The molecule has 0 radical (unpaired) electrons. The maximum Gasteiger partial charge on any atom is 0.217 e. The zero-order chi connectivity index (χ0) is 26.9. The van der Waals surface area contributed by atoms with Crippen molar-refractivity contribution in [3.63, 3.8) is 0 Å². The zero-order valence-electron chi connectivity index (χ0n) is 19.5. The van der Waals surface area contributed by atoms with Gasteiger partial charge in [-0.05, 0) is 6.92 Å². The largest absolute Gasteiger partial charge is 0.394 e. The smallest absolute Gasteiger partial charge is 0.217 e. The number of carbonyl (C=O) groups is 1. The molecule has 6 unspecified atom stereocenters. The van der Waals surface area contributed by atoms with Gasteiger partial charge in [-0.15, -0.1) is 0 Å². The highest BCUT2D eigenvalue weighted by atomic mass is 16.8. The summed E-state index contributed by atoms with van der Waals surface area (Å²) in [5.41, 5.74) is 0. The molecule has 0 aromatic heterocycles. The van der Waals surface area contributed by atoms with E-state index in [1.165, 1.54) is 6.92 Å². The van der Waals surface area contributed by atoms with Crippen LogP contribution in [0.4, 0.5) is 0 Å². The minimum absolute atomic E-state index is 0.630. The van der Waals surface area contributed by atoms with E-state index in [1.54, 1.807) is 0 Å². The van der Waals surface area contributed by atoms with Gasteiger partial charge in [0.05, 0.1) is 19.3 Å². The van der Waals surface area contributed by atoms with E-state index >= 15 is 0 Å². The van der Waals surface area contributed by atoms with Crippen molar-refractivity contribution >= 4 is 5.91 Å². The molecule has 210 valence electrons. The topological polar surface area (TPSA) is 257 Å². The van der Waals surface area contributed by atoms with Gasteiger partial charge in [-0.1, -0.05) is 0 Å². The lowest BCUT2D eigenvalue weighted by atomic mass is 9.95. The van der Waals surface area contributed by atoms with Crippen LogP contribution in [0.5, 0.6) is 0 Å². The predicted octanol–water partition coefficient (Wildman–Crippen LogP) is -6.40. The maximum absolute atomic E-state index is 11.7. The number of carbonyl (C=O) groups excluding carboxylic acids is 1. The van der Waals surface area contributed by atoms with Gasteiger partial charge in [-0.25, -0.2) is 0 Å². The Morgan fingerprint density at radius 3 is 1.81 bits per heavy atom. The van der Waals surface area contributed by atoms with E-state index < -0.39 is 111 Å². The van der Waals surface area contributed by atoms with E-state index in [2.05, 4.69) is 5.32 Å². The van der Waals surface area contributed by atoms with Crippen molar-refractivity contribution in [3.8, 4) is 0 Å². The molecule has 0 aliphatic carbocycles. The number of rotatable bonds is 7. The molecule has 16 heteroatoms. The van der Waals surface area contributed by atoms with Crippen LogP contribution in [0.25, 0.3) is 0 Å². The monoisotopic (exact) mass is 529 g/mol. The Bertz CT molecular complexity index is 729. The quantitative estimate of drug-likeness (QED) is 0.147. The number of hydrogen-bond acceptors (Lipinski definition) is 15. The molecule has 3 rings (SSSR count). The summed E-state index contributed by atoms with van der Waals surface area (Å²) >= 11 is 0. The van der Waals surface area contributed by atoms with Crippen LogP contribution in [0, 0.1) is 0 Å². The minimum Gasteiger partial charge on any atom is -0.394 e. The average Bonchev–Trinajstić information content (AvgIpc) is 2.83. The van der Waals surface area contributed by atoms with Crippen molar-refractivity contribution in [1.29, 1.82) is 0 Å². The second-order valence-electron chi connectivity index (χ2n) is 9.05. The fourth-order valence-electron chi connectivity index (χ4n) is 4.38. The third-order valence-corrected chi connectivity index (χ3v) is 6.46.